The lowest BCUT2D eigenvalue weighted by molar-refractivity contribution is 0.114. The molecule has 3 heteroatoms. The van der Waals surface area contributed by atoms with Crippen LogP contribution in [0.1, 0.15) is 30.9 Å². The summed E-state index contributed by atoms with van der Waals surface area (Å²) in [6.07, 6.45) is 4.63. The van der Waals surface area contributed by atoms with E-state index in [9.17, 15) is 5.11 Å². The van der Waals surface area contributed by atoms with Gasteiger partial charge in [-0.05, 0) is 25.5 Å². The van der Waals surface area contributed by atoms with Crippen molar-refractivity contribution in [1.82, 2.24) is 5.32 Å². The van der Waals surface area contributed by atoms with Gasteiger partial charge >= 0.3 is 0 Å². The van der Waals surface area contributed by atoms with Crippen LogP contribution in [-0.4, -0.2) is 17.7 Å². The summed E-state index contributed by atoms with van der Waals surface area (Å²) in [4.78, 5) is 0. The maximum Gasteiger partial charge on any atom is 0.134 e. The predicted octanol–water partition coefficient (Wildman–Crippen LogP) is 2.61. The van der Waals surface area contributed by atoms with Crippen molar-refractivity contribution in [2.45, 2.75) is 31.4 Å². The molecule has 1 saturated heterocycles. The summed E-state index contributed by atoms with van der Waals surface area (Å²) in [5.74, 6) is 0. The molecule has 0 aliphatic carbocycles. The highest BCUT2D eigenvalue weighted by Crippen LogP contribution is 2.30. The van der Waals surface area contributed by atoms with Crippen molar-refractivity contribution in [1.29, 1.82) is 0 Å². The SMILES string of the molecule is OC(c1coc2ccccc12)C1CCCCN1. The first-order chi connectivity index (χ1) is 8.36. The van der Waals surface area contributed by atoms with Crippen molar-refractivity contribution in [3.05, 3.63) is 36.1 Å². The third-order valence-electron chi connectivity index (χ3n) is 3.56. The molecule has 3 nitrogen and oxygen atoms in total. The number of para-hydroxylation sites is 1. The van der Waals surface area contributed by atoms with E-state index in [4.69, 9.17) is 4.42 Å². The van der Waals surface area contributed by atoms with Gasteiger partial charge in [0.25, 0.3) is 0 Å². The smallest absolute Gasteiger partial charge is 0.134 e. The van der Waals surface area contributed by atoms with Crippen LogP contribution in [0.5, 0.6) is 0 Å². The lowest BCUT2D eigenvalue weighted by Gasteiger charge is -2.27. The van der Waals surface area contributed by atoms with Crippen molar-refractivity contribution >= 4 is 11.0 Å². The molecular weight excluding hydrogens is 214 g/mol. The molecule has 0 spiro atoms. The molecule has 0 bridgehead atoms. The molecule has 0 amide bonds. The van der Waals surface area contributed by atoms with E-state index in [1.807, 2.05) is 24.3 Å². The summed E-state index contributed by atoms with van der Waals surface area (Å²) in [6, 6.07) is 8.01. The summed E-state index contributed by atoms with van der Waals surface area (Å²) in [7, 11) is 0. The first-order valence-electron chi connectivity index (χ1n) is 6.24. The van der Waals surface area contributed by atoms with Gasteiger partial charge in [0.1, 0.15) is 5.58 Å². The van der Waals surface area contributed by atoms with Gasteiger partial charge in [-0.15, -0.1) is 0 Å². The largest absolute Gasteiger partial charge is 0.464 e. The molecule has 17 heavy (non-hydrogen) atoms. The number of hydrogen-bond donors (Lipinski definition) is 2. The van der Waals surface area contributed by atoms with Crippen LogP contribution in [-0.2, 0) is 0 Å². The average molecular weight is 231 g/mol. The van der Waals surface area contributed by atoms with E-state index in [0.29, 0.717) is 0 Å². The van der Waals surface area contributed by atoms with E-state index in [1.54, 1.807) is 6.26 Å². The summed E-state index contributed by atoms with van der Waals surface area (Å²) in [5.41, 5.74) is 1.75. The minimum atomic E-state index is -0.473. The van der Waals surface area contributed by atoms with E-state index >= 15 is 0 Å². The van der Waals surface area contributed by atoms with Gasteiger partial charge in [0.05, 0.1) is 12.4 Å². The second-order valence-corrected chi connectivity index (χ2v) is 4.69. The first-order valence-corrected chi connectivity index (χ1v) is 6.24. The molecule has 1 aliphatic rings. The van der Waals surface area contributed by atoms with Crippen LogP contribution in [0, 0.1) is 0 Å². The molecule has 0 saturated carbocycles. The number of furan rings is 1. The van der Waals surface area contributed by atoms with Gasteiger partial charge in [0.2, 0.25) is 0 Å². The molecule has 2 heterocycles. The molecular formula is C14H17NO2. The molecule has 90 valence electrons. The van der Waals surface area contributed by atoms with E-state index in [0.717, 1.165) is 29.5 Å². The van der Waals surface area contributed by atoms with Crippen molar-refractivity contribution in [2.75, 3.05) is 6.54 Å². The number of aliphatic hydroxyl groups is 1. The Labute approximate surface area is 100 Å². The first kappa shape index (κ1) is 10.8. The second-order valence-electron chi connectivity index (χ2n) is 4.69. The number of nitrogens with one attached hydrogen (secondary N) is 1. The van der Waals surface area contributed by atoms with Crippen molar-refractivity contribution in [3.63, 3.8) is 0 Å². The monoisotopic (exact) mass is 231 g/mol. The van der Waals surface area contributed by atoms with E-state index in [2.05, 4.69) is 5.32 Å². The highest BCUT2D eigenvalue weighted by atomic mass is 16.3. The molecule has 0 radical (unpaired) electrons. The lowest BCUT2D eigenvalue weighted by atomic mass is 9.95. The fourth-order valence-electron chi connectivity index (χ4n) is 2.59. The summed E-state index contributed by atoms with van der Waals surface area (Å²) < 4.78 is 5.47. The highest BCUT2D eigenvalue weighted by molar-refractivity contribution is 5.81. The Morgan fingerprint density at radius 3 is 3.00 bits per heavy atom. The number of piperidine rings is 1. The number of aliphatic hydroxyl groups excluding tert-OH is 1. The van der Waals surface area contributed by atoms with Gasteiger partial charge < -0.3 is 14.8 Å². The molecule has 1 aliphatic heterocycles. The Balaban J connectivity index is 1.92. The Kier molecular flexibility index (Phi) is 2.87. The number of hydrogen-bond acceptors (Lipinski definition) is 3. The summed E-state index contributed by atoms with van der Waals surface area (Å²) >= 11 is 0. The van der Waals surface area contributed by atoms with E-state index in [1.165, 1.54) is 12.8 Å². The average Bonchev–Trinajstić information content (AvgIpc) is 2.83. The van der Waals surface area contributed by atoms with Gasteiger partial charge in [-0.2, -0.15) is 0 Å². The van der Waals surface area contributed by atoms with Gasteiger partial charge in [0.15, 0.2) is 0 Å². The van der Waals surface area contributed by atoms with E-state index < -0.39 is 6.10 Å². The zero-order valence-corrected chi connectivity index (χ0v) is 9.73. The Hall–Kier alpha value is -1.32. The van der Waals surface area contributed by atoms with Crippen LogP contribution >= 0.6 is 0 Å². The lowest BCUT2D eigenvalue weighted by Crippen LogP contribution is -2.38. The zero-order valence-electron chi connectivity index (χ0n) is 9.73. The maximum absolute atomic E-state index is 10.4. The third kappa shape index (κ3) is 1.96. The quantitative estimate of drug-likeness (QED) is 0.835. The molecule has 1 aromatic heterocycles. The fourth-order valence-corrected chi connectivity index (χ4v) is 2.59. The minimum absolute atomic E-state index is 0.157. The summed E-state index contributed by atoms with van der Waals surface area (Å²) in [6.45, 7) is 0.998. The number of fused-ring (bicyclic) bond motifs is 1. The fraction of sp³-hybridized carbons (Fsp3) is 0.429. The zero-order chi connectivity index (χ0) is 11.7. The van der Waals surface area contributed by atoms with Gasteiger partial charge in [-0.1, -0.05) is 24.6 Å². The van der Waals surface area contributed by atoms with Crippen LogP contribution in [0.2, 0.25) is 0 Å². The van der Waals surface area contributed by atoms with Crippen LogP contribution < -0.4 is 5.32 Å². The molecule has 2 unspecified atom stereocenters. The molecule has 2 N–H and O–H groups in total. The molecule has 2 atom stereocenters. The Bertz CT molecular complexity index is 500. The van der Waals surface area contributed by atoms with Crippen LogP contribution in [0.25, 0.3) is 11.0 Å². The van der Waals surface area contributed by atoms with Gasteiger partial charge in [0, 0.05) is 17.0 Å². The van der Waals surface area contributed by atoms with Crippen molar-refractivity contribution < 1.29 is 9.52 Å². The Morgan fingerprint density at radius 1 is 1.29 bits per heavy atom. The topological polar surface area (TPSA) is 45.4 Å². The van der Waals surface area contributed by atoms with Crippen LogP contribution in [0.3, 0.4) is 0 Å². The Morgan fingerprint density at radius 2 is 2.18 bits per heavy atom. The minimum Gasteiger partial charge on any atom is -0.464 e. The van der Waals surface area contributed by atoms with Gasteiger partial charge in [-0.25, -0.2) is 0 Å². The normalized spacial score (nSPS) is 22.8. The molecule has 3 rings (SSSR count). The van der Waals surface area contributed by atoms with Crippen molar-refractivity contribution in [2.24, 2.45) is 0 Å². The second kappa shape index (κ2) is 4.51. The number of benzene rings is 1. The molecule has 1 fully saturated rings. The maximum atomic E-state index is 10.4. The van der Waals surface area contributed by atoms with Gasteiger partial charge in [-0.3, -0.25) is 0 Å². The standard InChI is InChI=1S/C14H17NO2/c16-14(12-6-3-4-8-15-12)11-9-17-13-7-2-1-5-10(11)13/h1-2,5,7,9,12,14-16H,3-4,6,8H2. The third-order valence-corrected chi connectivity index (χ3v) is 3.56. The van der Waals surface area contributed by atoms with Crippen molar-refractivity contribution in [3.8, 4) is 0 Å². The molecule has 1 aromatic carbocycles. The highest BCUT2D eigenvalue weighted by Gasteiger charge is 2.25. The molecule has 2 aromatic rings. The van der Waals surface area contributed by atoms with Crippen LogP contribution in [0.15, 0.2) is 34.9 Å². The number of rotatable bonds is 2. The predicted molar refractivity (Wildman–Crippen MR) is 66.8 cm³/mol. The van der Waals surface area contributed by atoms with E-state index in [-0.39, 0.29) is 6.04 Å². The summed E-state index contributed by atoms with van der Waals surface area (Å²) in [5, 5.41) is 14.8. The van der Waals surface area contributed by atoms with Crippen LogP contribution in [0.4, 0.5) is 0 Å².